The first kappa shape index (κ1) is 18.9. The standard InChI is InChI=1S/C23H32O4/c1-13(24)18-7-8-19-17-6-5-15-11-16(27-14(2)25)9-10-22(15,3)21(17)20(26)12-23(18,19)4/h9-10,15-19,21H,5-8,11-12H2,1-4H3/t15-,16+,17-,18+,19-,21+,22-,23+/m0/s1. The van der Waals surface area contributed by atoms with Gasteiger partial charge < -0.3 is 4.74 Å². The zero-order chi connectivity index (χ0) is 19.6. The SMILES string of the molecule is CC(=O)O[C@@H]1C=C[C@@]2(C)[C@@H](CC[C@@H]3[C@@H]2C(=O)C[C@]2(C)[C@@H](C(C)=O)CC[C@@H]32)C1. The van der Waals surface area contributed by atoms with E-state index in [0.717, 1.165) is 32.1 Å². The summed E-state index contributed by atoms with van der Waals surface area (Å²) >= 11 is 0. The van der Waals surface area contributed by atoms with Crippen LogP contribution in [0.5, 0.6) is 0 Å². The number of esters is 1. The van der Waals surface area contributed by atoms with Gasteiger partial charge in [-0.3, -0.25) is 14.4 Å². The maximum Gasteiger partial charge on any atom is 0.303 e. The molecule has 0 spiro atoms. The number of ether oxygens (including phenoxy) is 1. The molecule has 0 aromatic heterocycles. The predicted molar refractivity (Wildman–Crippen MR) is 102 cm³/mol. The minimum absolute atomic E-state index is 0.0492. The smallest absolute Gasteiger partial charge is 0.303 e. The number of carbonyl (C=O) groups is 3. The Bertz CT molecular complexity index is 709. The second-order valence-corrected chi connectivity index (χ2v) is 10.0. The van der Waals surface area contributed by atoms with Gasteiger partial charge in [0.15, 0.2) is 0 Å². The molecule has 8 atom stereocenters. The van der Waals surface area contributed by atoms with Gasteiger partial charge >= 0.3 is 5.97 Å². The first-order chi connectivity index (χ1) is 12.7. The van der Waals surface area contributed by atoms with Crippen LogP contribution >= 0.6 is 0 Å². The zero-order valence-electron chi connectivity index (χ0n) is 17.0. The lowest BCUT2D eigenvalue weighted by atomic mass is 9.45. The summed E-state index contributed by atoms with van der Waals surface area (Å²) in [4.78, 5) is 37.0. The third-order valence-electron chi connectivity index (χ3n) is 8.65. The average molecular weight is 373 g/mol. The average Bonchev–Trinajstić information content (AvgIpc) is 2.91. The van der Waals surface area contributed by atoms with E-state index in [0.29, 0.717) is 30.0 Å². The second kappa shape index (κ2) is 6.28. The molecule has 0 amide bonds. The van der Waals surface area contributed by atoms with Crippen LogP contribution in [0.2, 0.25) is 0 Å². The van der Waals surface area contributed by atoms with Crippen LogP contribution in [0.4, 0.5) is 0 Å². The molecule has 0 N–H and O–H groups in total. The van der Waals surface area contributed by atoms with E-state index >= 15 is 0 Å². The fraction of sp³-hybridized carbons (Fsp3) is 0.783. The number of allylic oxidation sites excluding steroid dienone is 1. The Hall–Kier alpha value is -1.45. The van der Waals surface area contributed by atoms with Crippen LogP contribution in [0, 0.1) is 40.4 Å². The molecule has 0 heterocycles. The van der Waals surface area contributed by atoms with E-state index < -0.39 is 0 Å². The molecule has 0 bridgehead atoms. The highest BCUT2D eigenvalue weighted by Gasteiger charge is 2.63. The maximum absolute atomic E-state index is 13.4. The number of hydrogen-bond acceptors (Lipinski definition) is 4. The largest absolute Gasteiger partial charge is 0.458 e. The molecule has 0 radical (unpaired) electrons. The van der Waals surface area contributed by atoms with E-state index in [1.165, 1.54) is 6.92 Å². The quantitative estimate of drug-likeness (QED) is 0.540. The molecule has 3 fully saturated rings. The van der Waals surface area contributed by atoms with Gasteiger partial charge in [-0.15, -0.1) is 0 Å². The van der Waals surface area contributed by atoms with Crippen molar-refractivity contribution >= 4 is 17.5 Å². The number of fused-ring (bicyclic) bond motifs is 5. The lowest BCUT2D eigenvalue weighted by molar-refractivity contribution is -0.156. The molecule has 0 unspecified atom stereocenters. The monoisotopic (exact) mass is 372 g/mol. The van der Waals surface area contributed by atoms with E-state index in [1.807, 2.05) is 6.08 Å². The van der Waals surface area contributed by atoms with Gasteiger partial charge in [0.2, 0.25) is 0 Å². The Balaban J connectivity index is 1.65. The lowest BCUT2D eigenvalue weighted by Crippen LogP contribution is -2.57. The minimum Gasteiger partial charge on any atom is -0.458 e. The van der Waals surface area contributed by atoms with Crippen molar-refractivity contribution in [1.29, 1.82) is 0 Å². The minimum atomic E-state index is -0.243. The molecular weight excluding hydrogens is 340 g/mol. The van der Waals surface area contributed by atoms with Gasteiger partial charge in [-0.1, -0.05) is 19.9 Å². The lowest BCUT2D eigenvalue weighted by Gasteiger charge is -2.58. The number of hydrogen-bond donors (Lipinski definition) is 0. The van der Waals surface area contributed by atoms with Crippen LogP contribution in [-0.2, 0) is 19.1 Å². The molecule has 148 valence electrons. The number of rotatable bonds is 2. The van der Waals surface area contributed by atoms with Crippen molar-refractivity contribution < 1.29 is 19.1 Å². The Morgan fingerprint density at radius 2 is 1.85 bits per heavy atom. The van der Waals surface area contributed by atoms with E-state index in [9.17, 15) is 14.4 Å². The third kappa shape index (κ3) is 2.74. The van der Waals surface area contributed by atoms with Crippen molar-refractivity contribution in [2.75, 3.05) is 0 Å². The highest BCUT2D eigenvalue weighted by molar-refractivity contribution is 5.87. The van der Waals surface area contributed by atoms with Crippen molar-refractivity contribution in [1.82, 2.24) is 0 Å². The van der Waals surface area contributed by atoms with Crippen LogP contribution < -0.4 is 0 Å². The molecule has 0 saturated heterocycles. The van der Waals surface area contributed by atoms with Crippen molar-refractivity contribution in [2.45, 2.75) is 72.3 Å². The van der Waals surface area contributed by atoms with Gasteiger partial charge in [-0.25, -0.2) is 0 Å². The highest BCUT2D eigenvalue weighted by atomic mass is 16.5. The number of Topliss-reactive ketones (excluding diaryl/α,β-unsaturated/α-hetero) is 2. The summed E-state index contributed by atoms with van der Waals surface area (Å²) < 4.78 is 5.43. The molecular formula is C23H32O4. The van der Waals surface area contributed by atoms with Crippen molar-refractivity contribution in [2.24, 2.45) is 40.4 Å². The maximum atomic E-state index is 13.4. The predicted octanol–water partition coefficient (Wildman–Crippen LogP) is 4.12. The zero-order valence-corrected chi connectivity index (χ0v) is 17.0. The number of carbonyl (C=O) groups excluding carboxylic acids is 3. The summed E-state index contributed by atoms with van der Waals surface area (Å²) in [6.45, 7) is 7.60. The van der Waals surface area contributed by atoms with Crippen LogP contribution in [0.25, 0.3) is 0 Å². The fourth-order valence-corrected chi connectivity index (χ4v) is 7.57. The van der Waals surface area contributed by atoms with E-state index in [1.54, 1.807) is 6.92 Å². The summed E-state index contributed by atoms with van der Waals surface area (Å²) in [7, 11) is 0. The molecule has 0 aromatic rings. The van der Waals surface area contributed by atoms with Crippen molar-refractivity contribution in [3.05, 3.63) is 12.2 Å². The van der Waals surface area contributed by atoms with Gasteiger partial charge in [0.25, 0.3) is 0 Å². The van der Waals surface area contributed by atoms with Crippen LogP contribution in [0.3, 0.4) is 0 Å². The van der Waals surface area contributed by atoms with Crippen LogP contribution in [-0.4, -0.2) is 23.6 Å². The molecule has 4 heteroatoms. The summed E-state index contributed by atoms with van der Waals surface area (Å²) in [6, 6.07) is 0. The molecule has 3 saturated carbocycles. The molecule has 0 aliphatic heterocycles. The highest BCUT2D eigenvalue weighted by Crippen LogP contribution is 2.65. The first-order valence-corrected chi connectivity index (χ1v) is 10.6. The van der Waals surface area contributed by atoms with E-state index in [-0.39, 0.29) is 40.5 Å². The molecule has 27 heavy (non-hydrogen) atoms. The Morgan fingerprint density at radius 3 is 2.52 bits per heavy atom. The van der Waals surface area contributed by atoms with Gasteiger partial charge in [-0.2, -0.15) is 0 Å². The Morgan fingerprint density at radius 1 is 1.11 bits per heavy atom. The summed E-state index contributed by atoms with van der Waals surface area (Å²) in [5, 5.41) is 0. The topological polar surface area (TPSA) is 60.4 Å². The van der Waals surface area contributed by atoms with Crippen LogP contribution in [0.15, 0.2) is 12.2 Å². The Labute approximate surface area is 162 Å². The molecule has 4 aliphatic rings. The fourth-order valence-electron chi connectivity index (χ4n) is 7.57. The summed E-state index contributed by atoms with van der Waals surface area (Å²) in [6.07, 6.45) is 9.56. The van der Waals surface area contributed by atoms with Crippen molar-refractivity contribution in [3.63, 3.8) is 0 Å². The molecule has 4 rings (SSSR count). The van der Waals surface area contributed by atoms with Crippen LogP contribution in [0.1, 0.15) is 66.2 Å². The summed E-state index contributed by atoms with van der Waals surface area (Å²) in [5.74, 6) is 1.72. The molecule has 0 aromatic carbocycles. The van der Waals surface area contributed by atoms with Gasteiger partial charge in [0.05, 0.1) is 0 Å². The van der Waals surface area contributed by atoms with E-state index in [2.05, 4.69) is 19.9 Å². The molecule has 4 aliphatic carbocycles. The first-order valence-electron chi connectivity index (χ1n) is 10.6. The second-order valence-electron chi connectivity index (χ2n) is 10.0. The normalized spacial score (nSPS) is 48.4. The van der Waals surface area contributed by atoms with Gasteiger partial charge in [0, 0.05) is 25.2 Å². The Kier molecular flexibility index (Phi) is 4.40. The number of ketones is 2. The van der Waals surface area contributed by atoms with Gasteiger partial charge in [0.1, 0.15) is 17.7 Å². The van der Waals surface area contributed by atoms with Gasteiger partial charge in [-0.05, 0) is 73.7 Å². The van der Waals surface area contributed by atoms with E-state index in [4.69, 9.17) is 4.74 Å². The van der Waals surface area contributed by atoms with Crippen molar-refractivity contribution in [3.8, 4) is 0 Å². The third-order valence-corrected chi connectivity index (χ3v) is 8.65. The molecule has 4 nitrogen and oxygen atoms in total. The summed E-state index contributed by atoms with van der Waals surface area (Å²) in [5.41, 5.74) is -0.293.